The Hall–Kier alpha value is -1.94. The first-order valence-corrected chi connectivity index (χ1v) is 6.36. The number of aryl methyl sites for hydroxylation is 2. The molecule has 0 saturated heterocycles. The van der Waals surface area contributed by atoms with E-state index >= 15 is 0 Å². The number of hydrogen-bond acceptors (Lipinski definition) is 3. The van der Waals surface area contributed by atoms with Crippen molar-refractivity contribution in [1.82, 2.24) is 14.9 Å². The van der Waals surface area contributed by atoms with Gasteiger partial charge >= 0.3 is 0 Å². The normalized spacial score (nSPS) is 12.4. The van der Waals surface area contributed by atoms with Crippen LogP contribution in [0.1, 0.15) is 22.7 Å². The molecule has 0 radical (unpaired) electrons. The lowest BCUT2D eigenvalue weighted by atomic mass is 9.99. The molecule has 0 bridgehead atoms. The summed E-state index contributed by atoms with van der Waals surface area (Å²) < 4.78 is 1.63. The van der Waals surface area contributed by atoms with Crippen LogP contribution in [0.3, 0.4) is 0 Å². The van der Waals surface area contributed by atoms with E-state index < -0.39 is 0 Å². The van der Waals surface area contributed by atoms with Crippen LogP contribution in [0, 0.1) is 13.8 Å². The molecule has 2 aromatic rings. The van der Waals surface area contributed by atoms with Gasteiger partial charge in [-0.3, -0.25) is 9.36 Å². The standard InChI is InChI=1S/C15H19N3O/c1-11-4-5-12(2)13(8-11)14(16-3)9-18-10-17-7-6-15(18)19/h4-8,10,14,16H,9H2,1-3H3. The van der Waals surface area contributed by atoms with Crippen LogP contribution in [0.4, 0.5) is 0 Å². The SMILES string of the molecule is CNC(Cn1cnccc1=O)c1cc(C)ccc1C. The number of nitrogens with zero attached hydrogens (tertiary/aromatic N) is 2. The summed E-state index contributed by atoms with van der Waals surface area (Å²) in [6.45, 7) is 4.74. The first kappa shape index (κ1) is 13.5. The van der Waals surface area contributed by atoms with Gasteiger partial charge in [0.05, 0.1) is 12.4 Å². The largest absolute Gasteiger partial charge is 0.312 e. The molecule has 0 aliphatic carbocycles. The summed E-state index contributed by atoms with van der Waals surface area (Å²) in [5.74, 6) is 0. The summed E-state index contributed by atoms with van der Waals surface area (Å²) in [6.07, 6.45) is 3.10. The number of rotatable bonds is 4. The van der Waals surface area contributed by atoms with Gasteiger partial charge in [-0.05, 0) is 32.0 Å². The van der Waals surface area contributed by atoms with Crippen molar-refractivity contribution in [2.24, 2.45) is 0 Å². The minimum Gasteiger partial charge on any atom is -0.312 e. The minimum absolute atomic E-state index is 0.0273. The fraction of sp³-hybridized carbons (Fsp3) is 0.333. The van der Waals surface area contributed by atoms with E-state index in [1.165, 1.54) is 29.0 Å². The number of benzene rings is 1. The molecule has 0 aliphatic heterocycles. The summed E-state index contributed by atoms with van der Waals surface area (Å²) in [4.78, 5) is 15.8. The molecule has 1 unspecified atom stereocenters. The molecule has 1 atom stereocenters. The summed E-state index contributed by atoms with van der Waals surface area (Å²) in [7, 11) is 1.91. The molecule has 0 fully saturated rings. The molecule has 4 nitrogen and oxygen atoms in total. The topological polar surface area (TPSA) is 46.9 Å². The van der Waals surface area contributed by atoms with Gasteiger partial charge in [-0.15, -0.1) is 0 Å². The van der Waals surface area contributed by atoms with E-state index in [2.05, 4.69) is 42.3 Å². The van der Waals surface area contributed by atoms with Crippen LogP contribution in [0.5, 0.6) is 0 Å². The molecule has 100 valence electrons. The Morgan fingerprint density at radius 1 is 1.32 bits per heavy atom. The van der Waals surface area contributed by atoms with Crippen molar-refractivity contribution in [2.75, 3.05) is 7.05 Å². The van der Waals surface area contributed by atoms with Gasteiger partial charge < -0.3 is 5.32 Å². The molecule has 1 aromatic carbocycles. The van der Waals surface area contributed by atoms with E-state index in [0.717, 1.165) is 0 Å². The lowest BCUT2D eigenvalue weighted by molar-refractivity contribution is 0.484. The minimum atomic E-state index is -0.0273. The lowest BCUT2D eigenvalue weighted by Crippen LogP contribution is -2.28. The number of likely N-dealkylation sites (N-methyl/N-ethyl adjacent to an activating group) is 1. The Kier molecular flexibility index (Phi) is 4.12. The first-order valence-electron chi connectivity index (χ1n) is 6.36. The molecular weight excluding hydrogens is 238 g/mol. The third kappa shape index (κ3) is 3.09. The maximum Gasteiger partial charge on any atom is 0.253 e. The molecule has 4 heteroatoms. The molecule has 1 N–H and O–H groups in total. The Morgan fingerprint density at radius 3 is 2.79 bits per heavy atom. The third-order valence-corrected chi connectivity index (χ3v) is 3.33. The van der Waals surface area contributed by atoms with Crippen LogP contribution in [0.25, 0.3) is 0 Å². The van der Waals surface area contributed by atoms with Crippen molar-refractivity contribution in [3.63, 3.8) is 0 Å². The highest BCUT2D eigenvalue weighted by Gasteiger charge is 2.13. The highest BCUT2D eigenvalue weighted by atomic mass is 16.1. The van der Waals surface area contributed by atoms with E-state index in [1.807, 2.05) is 7.05 Å². The van der Waals surface area contributed by atoms with Crippen LogP contribution >= 0.6 is 0 Å². The zero-order valence-electron chi connectivity index (χ0n) is 11.6. The van der Waals surface area contributed by atoms with Gasteiger partial charge in [-0.1, -0.05) is 23.8 Å². The van der Waals surface area contributed by atoms with Crippen LogP contribution in [-0.4, -0.2) is 16.6 Å². The van der Waals surface area contributed by atoms with Gasteiger partial charge in [-0.2, -0.15) is 0 Å². The average molecular weight is 257 g/mol. The van der Waals surface area contributed by atoms with E-state index in [-0.39, 0.29) is 11.6 Å². The van der Waals surface area contributed by atoms with Crippen LogP contribution in [0.2, 0.25) is 0 Å². The Morgan fingerprint density at radius 2 is 2.11 bits per heavy atom. The van der Waals surface area contributed by atoms with Crippen LogP contribution in [-0.2, 0) is 6.54 Å². The predicted molar refractivity (Wildman–Crippen MR) is 76.2 cm³/mol. The summed E-state index contributed by atoms with van der Waals surface area (Å²) in [5.41, 5.74) is 3.64. The predicted octanol–water partition coefficient (Wildman–Crippen LogP) is 1.82. The fourth-order valence-corrected chi connectivity index (χ4v) is 2.19. The van der Waals surface area contributed by atoms with Gasteiger partial charge in [0.2, 0.25) is 0 Å². The third-order valence-electron chi connectivity index (χ3n) is 3.33. The van der Waals surface area contributed by atoms with Crippen LogP contribution in [0.15, 0.2) is 41.6 Å². The lowest BCUT2D eigenvalue weighted by Gasteiger charge is -2.20. The maximum atomic E-state index is 11.7. The van der Waals surface area contributed by atoms with Crippen molar-refractivity contribution in [3.05, 3.63) is 63.8 Å². The summed E-state index contributed by atoms with van der Waals surface area (Å²) >= 11 is 0. The van der Waals surface area contributed by atoms with E-state index in [1.54, 1.807) is 10.9 Å². The van der Waals surface area contributed by atoms with E-state index in [9.17, 15) is 4.79 Å². The zero-order valence-corrected chi connectivity index (χ0v) is 11.6. The molecule has 2 rings (SSSR count). The van der Waals surface area contributed by atoms with E-state index in [0.29, 0.717) is 6.54 Å². The second-order valence-electron chi connectivity index (χ2n) is 4.77. The number of nitrogens with one attached hydrogen (secondary N) is 1. The number of aromatic nitrogens is 2. The van der Waals surface area contributed by atoms with Gasteiger partial charge in [0, 0.05) is 18.8 Å². The number of hydrogen-bond donors (Lipinski definition) is 1. The van der Waals surface area contributed by atoms with Gasteiger partial charge in [0.1, 0.15) is 0 Å². The molecular formula is C15H19N3O. The van der Waals surface area contributed by atoms with Crippen molar-refractivity contribution in [1.29, 1.82) is 0 Å². The average Bonchev–Trinajstić information content (AvgIpc) is 2.41. The Bertz CT molecular complexity index is 619. The Labute approximate surface area is 113 Å². The summed E-state index contributed by atoms with van der Waals surface area (Å²) in [5, 5.41) is 3.27. The van der Waals surface area contributed by atoms with Gasteiger partial charge in [0.15, 0.2) is 0 Å². The second kappa shape index (κ2) is 5.80. The molecule has 0 amide bonds. The Balaban J connectivity index is 2.33. The van der Waals surface area contributed by atoms with Crippen molar-refractivity contribution in [2.45, 2.75) is 26.4 Å². The molecule has 1 heterocycles. The van der Waals surface area contributed by atoms with Gasteiger partial charge in [-0.25, -0.2) is 4.98 Å². The van der Waals surface area contributed by atoms with E-state index in [4.69, 9.17) is 0 Å². The van der Waals surface area contributed by atoms with Gasteiger partial charge in [0.25, 0.3) is 5.56 Å². The second-order valence-corrected chi connectivity index (χ2v) is 4.77. The first-order chi connectivity index (χ1) is 9.11. The maximum absolute atomic E-state index is 11.7. The summed E-state index contributed by atoms with van der Waals surface area (Å²) in [6, 6.07) is 7.96. The molecule has 0 spiro atoms. The van der Waals surface area contributed by atoms with Crippen molar-refractivity contribution < 1.29 is 0 Å². The van der Waals surface area contributed by atoms with Crippen molar-refractivity contribution in [3.8, 4) is 0 Å². The van der Waals surface area contributed by atoms with Crippen LogP contribution < -0.4 is 10.9 Å². The highest BCUT2D eigenvalue weighted by molar-refractivity contribution is 5.33. The molecule has 1 aromatic heterocycles. The highest BCUT2D eigenvalue weighted by Crippen LogP contribution is 2.20. The fourth-order valence-electron chi connectivity index (χ4n) is 2.19. The zero-order chi connectivity index (χ0) is 13.8. The molecule has 0 aliphatic rings. The van der Waals surface area contributed by atoms with Crippen molar-refractivity contribution >= 4 is 0 Å². The molecule has 0 saturated carbocycles. The molecule has 19 heavy (non-hydrogen) atoms. The quantitative estimate of drug-likeness (QED) is 0.909. The monoisotopic (exact) mass is 257 g/mol. The smallest absolute Gasteiger partial charge is 0.253 e.